The molecule has 0 aliphatic carbocycles. The standard InChI is InChI=1S/C15H12ClNS/c1-2-10-4-3-5-11(8-10)13-9-12-6-7-14(16)17-15(12)18-13/h3-9H,2H2,1H3. The minimum Gasteiger partial charge on any atom is -0.225 e. The number of thiophene rings is 1. The Morgan fingerprint density at radius 3 is 2.89 bits per heavy atom. The molecule has 0 saturated heterocycles. The van der Waals surface area contributed by atoms with E-state index in [2.05, 4.69) is 42.2 Å². The van der Waals surface area contributed by atoms with Gasteiger partial charge in [0.1, 0.15) is 9.98 Å². The van der Waals surface area contributed by atoms with Crippen molar-refractivity contribution in [2.24, 2.45) is 0 Å². The van der Waals surface area contributed by atoms with Crippen molar-refractivity contribution in [1.29, 1.82) is 0 Å². The molecule has 0 radical (unpaired) electrons. The van der Waals surface area contributed by atoms with Gasteiger partial charge in [0.05, 0.1) is 0 Å². The van der Waals surface area contributed by atoms with E-state index in [-0.39, 0.29) is 0 Å². The summed E-state index contributed by atoms with van der Waals surface area (Å²) in [6, 6.07) is 14.7. The summed E-state index contributed by atoms with van der Waals surface area (Å²) in [5, 5.41) is 1.71. The van der Waals surface area contributed by atoms with Gasteiger partial charge in [0.2, 0.25) is 0 Å². The van der Waals surface area contributed by atoms with Gasteiger partial charge in [-0.1, -0.05) is 42.8 Å². The molecule has 2 heterocycles. The first-order valence-electron chi connectivity index (χ1n) is 5.91. The Hall–Kier alpha value is -1.38. The van der Waals surface area contributed by atoms with Crippen molar-refractivity contribution in [3.8, 4) is 10.4 Å². The van der Waals surface area contributed by atoms with Crippen LogP contribution in [0.15, 0.2) is 42.5 Å². The SMILES string of the molecule is CCc1cccc(-c2cc3ccc(Cl)nc3s2)c1. The fourth-order valence-corrected chi connectivity index (χ4v) is 3.21. The van der Waals surface area contributed by atoms with Crippen molar-refractivity contribution in [1.82, 2.24) is 4.98 Å². The van der Waals surface area contributed by atoms with Gasteiger partial charge in [0, 0.05) is 10.3 Å². The number of aryl methyl sites for hydroxylation is 1. The first kappa shape index (κ1) is 11.7. The largest absolute Gasteiger partial charge is 0.225 e. The highest BCUT2D eigenvalue weighted by Gasteiger charge is 2.06. The van der Waals surface area contributed by atoms with Crippen molar-refractivity contribution >= 4 is 33.2 Å². The lowest BCUT2D eigenvalue weighted by molar-refractivity contribution is 1.14. The maximum Gasteiger partial charge on any atom is 0.130 e. The molecular weight excluding hydrogens is 262 g/mol. The number of fused-ring (bicyclic) bond motifs is 1. The molecule has 3 aromatic rings. The molecule has 3 heteroatoms. The molecule has 2 aromatic heterocycles. The Kier molecular flexibility index (Phi) is 3.06. The van der Waals surface area contributed by atoms with E-state index in [0.29, 0.717) is 5.15 Å². The maximum atomic E-state index is 5.92. The average molecular weight is 274 g/mol. The smallest absolute Gasteiger partial charge is 0.130 e. The number of aromatic nitrogens is 1. The molecule has 0 spiro atoms. The van der Waals surface area contributed by atoms with Crippen LogP contribution in [-0.2, 0) is 6.42 Å². The summed E-state index contributed by atoms with van der Waals surface area (Å²) in [6.45, 7) is 2.17. The molecule has 0 saturated carbocycles. The lowest BCUT2D eigenvalue weighted by atomic mass is 10.1. The summed E-state index contributed by atoms with van der Waals surface area (Å²) in [6.07, 6.45) is 1.06. The summed E-state index contributed by atoms with van der Waals surface area (Å²) >= 11 is 7.61. The van der Waals surface area contributed by atoms with Crippen molar-refractivity contribution in [2.45, 2.75) is 13.3 Å². The van der Waals surface area contributed by atoms with Gasteiger partial charge in [-0.05, 0) is 35.7 Å². The molecule has 0 aliphatic heterocycles. The number of pyridine rings is 1. The van der Waals surface area contributed by atoms with Crippen molar-refractivity contribution < 1.29 is 0 Å². The fraction of sp³-hybridized carbons (Fsp3) is 0.133. The zero-order valence-corrected chi connectivity index (χ0v) is 11.6. The second-order valence-electron chi connectivity index (χ2n) is 4.19. The first-order chi connectivity index (χ1) is 8.76. The average Bonchev–Trinajstić information content (AvgIpc) is 2.81. The Morgan fingerprint density at radius 2 is 2.06 bits per heavy atom. The van der Waals surface area contributed by atoms with Crippen LogP contribution < -0.4 is 0 Å². The van der Waals surface area contributed by atoms with E-state index >= 15 is 0 Å². The number of hydrogen-bond acceptors (Lipinski definition) is 2. The number of rotatable bonds is 2. The zero-order valence-electron chi connectivity index (χ0n) is 9.98. The van der Waals surface area contributed by atoms with Crippen LogP contribution >= 0.6 is 22.9 Å². The molecule has 1 aromatic carbocycles. The van der Waals surface area contributed by atoms with Gasteiger partial charge in [-0.2, -0.15) is 0 Å². The topological polar surface area (TPSA) is 12.9 Å². The zero-order chi connectivity index (χ0) is 12.5. The first-order valence-corrected chi connectivity index (χ1v) is 7.11. The van der Waals surface area contributed by atoms with Crippen molar-refractivity contribution in [3.05, 3.63) is 53.2 Å². The molecule has 0 atom stereocenters. The van der Waals surface area contributed by atoms with Gasteiger partial charge in [0.15, 0.2) is 0 Å². The van der Waals surface area contributed by atoms with Crippen molar-refractivity contribution in [2.75, 3.05) is 0 Å². The molecule has 0 aliphatic rings. The van der Waals surface area contributed by atoms with E-state index in [0.717, 1.165) is 16.6 Å². The third-order valence-corrected chi connectivity index (χ3v) is 4.27. The molecule has 3 rings (SSSR count). The number of nitrogens with zero attached hydrogens (tertiary/aromatic N) is 1. The van der Waals surface area contributed by atoms with E-state index in [9.17, 15) is 0 Å². The van der Waals surface area contributed by atoms with Crippen LogP contribution in [0.1, 0.15) is 12.5 Å². The van der Waals surface area contributed by atoms with Crippen LogP contribution in [-0.4, -0.2) is 4.98 Å². The Bertz CT molecular complexity index is 703. The number of halogens is 1. The molecule has 18 heavy (non-hydrogen) atoms. The van der Waals surface area contributed by atoms with Crippen LogP contribution in [0.3, 0.4) is 0 Å². The van der Waals surface area contributed by atoms with Gasteiger partial charge < -0.3 is 0 Å². The summed E-state index contributed by atoms with van der Waals surface area (Å²) in [5.74, 6) is 0. The van der Waals surface area contributed by atoms with E-state index < -0.39 is 0 Å². The second kappa shape index (κ2) is 4.71. The predicted molar refractivity (Wildman–Crippen MR) is 79.4 cm³/mol. The molecule has 0 amide bonds. The Morgan fingerprint density at radius 1 is 1.17 bits per heavy atom. The normalized spacial score (nSPS) is 11.0. The maximum absolute atomic E-state index is 5.92. The predicted octanol–water partition coefficient (Wildman–Crippen LogP) is 5.18. The van der Waals surface area contributed by atoms with Crippen LogP contribution in [0.25, 0.3) is 20.7 Å². The van der Waals surface area contributed by atoms with E-state index in [1.54, 1.807) is 11.3 Å². The molecule has 0 N–H and O–H groups in total. The lowest BCUT2D eigenvalue weighted by Crippen LogP contribution is -1.79. The molecule has 0 bridgehead atoms. The Labute approximate surface area is 115 Å². The molecule has 90 valence electrons. The fourth-order valence-electron chi connectivity index (χ4n) is 1.98. The summed E-state index contributed by atoms with van der Waals surface area (Å²) in [7, 11) is 0. The van der Waals surface area contributed by atoms with Gasteiger partial charge in [-0.3, -0.25) is 0 Å². The van der Waals surface area contributed by atoms with Crippen LogP contribution in [0, 0.1) is 0 Å². The lowest BCUT2D eigenvalue weighted by Gasteiger charge is -2.00. The van der Waals surface area contributed by atoms with E-state index in [4.69, 9.17) is 11.6 Å². The van der Waals surface area contributed by atoms with Crippen LogP contribution in [0.4, 0.5) is 0 Å². The molecule has 0 fully saturated rings. The summed E-state index contributed by atoms with van der Waals surface area (Å²) in [4.78, 5) is 6.59. The van der Waals surface area contributed by atoms with Gasteiger partial charge >= 0.3 is 0 Å². The minimum atomic E-state index is 0.554. The molecule has 0 unspecified atom stereocenters. The van der Waals surface area contributed by atoms with Crippen LogP contribution in [0.2, 0.25) is 5.15 Å². The van der Waals surface area contributed by atoms with E-state index in [1.165, 1.54) is 16.0 Å². The minimum absolute atomic E-state index is 0.554. The summed E-state index contributed by atoms with van der Waals surface area (Å²) in [5.41, 5.74) is 2.62. The summed E-state index contributed by atoms with van der Waals surface area (Å²) < 4.78 is 0. The van der Waals surface area contributed by atoms with Gasteiger partial charge in [-0.15, -0.1) is 11.3 Å². The van der Waals surface area contributed by atoms with Crippen LogP contribution in [0.5, 0.6) is 0 Å². The number of benzene rings is 1. The third-order valence-electron chi connectivity index (χ3n) is 2.97. The van der Waals surface area contributed by atoms with Gasteiger partial charge in [0.25, 0.3) is 0 Å². The number of hydrogen-bond donors (Lipinski definition) is 0. The highest BCUT2D eigenvalue weighted by Crippen LogP contribution is 2.33. The monoisotopic (exact) mass is 273 g/mol. The highest BCUT2D eigenvalue weighted by atomic mass is 35.5. The Balaban J connectivity index is 2.13. The van der Waals surface area contributed by atoms with E-state index in [1.807, 2.05) is 12.1 Å². The van der Waals surface area contributed by atoms with Crippen molar-refractivity contribution in [3.63, 3.8) is 0 Å². The second-order valence-corrected chi connectivity index (χ2v) is 5.61. The third kappa shape index (κ3) is 2.14. The van der Waals surface area contributed by atoms with Gasteiger partial charge in [-0.25, -0.2) is 4.98 Å². The quantitative estimate of drug-likeness (QED) is 0.586. The molecule has 1 nitrogen and oxygen atoms in total. The highest BCUT2D eigenvalue weighted by molar-refractivity contribution is 7.21. The molecular formula is C15H12ClNS.